The van der Waals surface area contributed by atoms with E-state index >= 15 is 8.78 Å². The van der Waals surface area contributed by atoms with Crippen LogP contribution in [0.25, 0.3) is 16.8 Å². The van der Waals surface area contributed by atoms with Gasteiger partial charge in [0, 0.05) is 22.8 Å². The Morgan fingerprint density at radius 1 is 1.09 bits per heavy atom. The largest absolute Gasteiger partial charge is 0.435 e. The van der Waals surface area contributed by atoms with Crippen molar-refractivity contribution in [2.24, 2.45) is 5.92 Å². The molecule has 0 aliphatic heterocycles. The molecular formula is C35H24ClF7N8O2. The molecule has 4 heterocycles. The number of hydrogen-bond acceptors (Lipinski definition) is 7. The van der Waals surface area contributed by atoms with E-state index in [2.05, 4.69) is 49.3 Å². The minimum atomic E-state index is -5.13. The van der Waals surface area contributed by atoms with Crippen LogP contribution in [0.2, 0.25) is 5.15 Å². The molecule has 1 aromatic carbocycles. The van der Waals surface area contributed by atoms with Gasteiger partial charge < -0.3 is 16.2 Å². The molecule has 0 spiro atoms. The number of anilines is 1. The number of carbonyl (C=O) groups is 1. The first-order chi connectivity index (χ1) is 24.8. The molecule has 4 N–H and O–H groups in total. The molecule has 5 aromatic rings. The Morgan fingerprint density at radius 3 is 2.43 bits per heavy atom. The number of nitrogens with two attached hydrogens (primary N) is 1. The highest BCUT2D eigenvalue weighted by Crippen LogP contribution is 2.58. The highest BCUT2D eigenvalue weighted by atomic mass is 35.5. The highest BCUT2D eigenvalue weighted by molar-refractivity contribution is 6.30. The van der Waals surface area contributed by atoms with Crippen LogP contribution in [0.3, 0.4) is 0 Å². The molecule has 0 fully saturated rings. The van der Waals surface area contributed by atoms with Gasteiger partial charge in [0.2, 0.25) is 11.9 Å². The highest BCUT2D eigenvalue weighted by Gasteiger charge is 2.62. The van der Waals surface area contributed by atoms with Gasteiger partial charge in [-0.15, -0.1) is 10.2 Å². The molecule has 2 aliphatic carbocycles. The van der Waals surface area contributed by atoms with E-state index in [4.69, 9.17) is 17.3 Å². The molecular weight excluding hydrogens is 733 g/mol. The topological polar surface area (TPSA) is 136 Å². The lowest BCUT2D eigenvalue weighted by atomic mass is 9.84. The predicted octanol–water partition coefficient (Wildman–Crippen LogP) is 5.57. The van der Waals surface area contributed by atoms with Crippen molar-refractivity contribution in [2.75, 3.05) is 5.73 Å². The second kappa shape index (κ2) is 12.5. The molecule has 3 unspecified atom stereocenters. The van der Waals surface area contributed by atoms with Crippen LogP contribution in [0.5, 0.6) is 0 Å². The number of alkyl halides is 5. The first kappa shape index (κ1) is 35.7. The van der Waals surface area contributed by atoms with Gasteiger partial charge in [0.15, 0.2) is 11.3 Å². The van der Waals surface area contributed by atoms with Gasteiger partial charge in [-0.25, -0.2) is 13.8 Å². The zero-order valence-electron chi connectivity index (χ0n) is 27.3. The van der Waals surface area contributed by atoms with Gasteiger partial charge >= 0.3 is 12.1 Å². The lowest BCUT2D eigenvalue weighted by molar-refractivity contribution is -0.142. The molecule has 7 rings (SSSR count). The van der Waals surface area contributed by atoms with Crippen LogP contribution < -0.4 is 11.1 Å². The molecule has 0 saturated carbocycles. The van der Waals surface area contributed by atoms with E-state index in [0.29, 0.717) is 16.3 Å². The third kappa shape index (κ3) is 6.51. The Balaban J connectivity index is 1.36. The van der Waals surface area contributed by atoms with Crippen LogP contribution in [0.4, 0.5) is 36.7 Å². The van der Waals surface area contributed by atoms with E-state index in [1.54, 1.807) is 6.07 Å². The number of aliphatic hydroxyl groups is 1. The number of nitrogens with zero attached hydrogens (tertiary/aromatic N) is 6. The van der Waals surface area contributed by atoms with Gasteiger partial charge in [0.05, 0.1) is 17.7 Å². The summed E-state index contributed by atoms with van der Waals surface area (Å²) in [5.41, 5.74) is 1.84. The average Bonchev–Trinajstić information content (AvgIpc) is 3.64. The fourth-order valence-electron chi connectivity index (χ4n) is 6.39. The second-order valence-corrected chi connectivity index (χ2v) is 13.3. The van der Waals surface area contributed by atoms with Crippen molar-refractivity contribution in [2.45, 2.75) is 56.5 Å². The Morgan fingerprint density at radius 2 is 1.79 bits per heavy atom. The van der Waals surface area contributed by atoms with Crippen LogP contribution in [0.1, 0.15) is 59.7 Å². The SMILES string of the molecule is CC(C)(O)C#Cc1ccc(-c2ccc(Cl)n3c(N)nnc23)c(C(Cc2cc(F)cc(F)c2)NC(=O)Cn2nc(C(F)(F)F)c3c2C(F)(F)C2C#CC32)n1. The minimum Gasteiger partial charge on any atom is -0.378 e. The maximum absolute atomic E-state index is 15.4. The predicted molar refractivity (Wildman–Crippen MR) is 175 cm³/mol. The number of halogens is 8. The van der Waals surface area contributed by atoms with Crippen LogP contribution in [-0.2, 0) is 29.9 Å². The van der Waals surface area contributed by atoms with Crippen LogP contribution in [0, 0.1) is 41.2 Å². The molecule has 2 aliphatic rings. The number of nitrogen functional groups attached to an aromatic ring is 1. The molecule has 1 amide bonds. The molecule has 0 radical (unpaired) electrons. The summed E-state index contributed by atoms with van der Waals surface area (Å²) in [6.45, 7) is 1.74. The van der Waals surface area contributed by atoms with Crippen molar-refractivity contribution in [3.63, 3.8) is 0 Å². The number of carbonyl (C=O) groups excluding carboxylic acids is 1. The molecule has 272 valence electrons. The third-order valence-corrected chi connectivity index (χ3v) is 8.86. The zero-order chi connectivity index (χ0) is 38.2. The van der Waals surface area contributed by atoms with Crippen molar-refractivity contribution in [1.82, 2.24) is 34.7 Å². The number of hydrogen-bond donors (Lipinski definition) is 3. The van der Waals surface area contributed by atoms with Crippen LogP contribution >= 0.6 is 11.6 Å². The van der Waals surface area contributed by atoms with E-state index in [0.717, 1.165) is 12.1 Å². The van der Waals surface area contributed by atoms with Crippen molar-refractivity contribution >= 4 is 29.1 Å². The van der Waals surface area contributed by atoms with Crippen molar-refractivity contribution < 1.29 is 40.6 Å². The summed E-state index contributed by atoms with van der Waals surface area (Å²) in [6.07, 6.45) is -5.50. The van der Waals surface area contributed by atoms with Crippen molar-refractivity contribution in [3.05, 3.63) is 93.2 Å². The molecule has 0 bridgehead atoms. The molecule has 4 aromatic heterocycles. The quantitative estimate of drug-likeness (QED) is 0.112. The number of aromatic nitrogens is 6. The molecule has 0 saturated heterocycles. The first-order valence-electron chi connectivity index (χ1n) is 15.7. The van der Waals surface area contributed by atoms with Crippen molar-refractivity contribution in [1.29, 1.82) is 0 Å². The number of nitrogens with one attached hydrogen (secondary N) is 1. The fourth-order valence-corrected chi connectivity index (χ4v) is 6.62. The molecule has 10 nitrogen and oxygen atoms in total. The van der Waals surface area contributed by atoms with Crippen molar-refractivity contribution in [3.8, 4) is 34.8 Å². The number of fused-ring (bicyclic) bond motifs is 4. The molecule has 18 heteroatoms. The van der Waals surface area contributed by atoms with E-state index < -0.39 is 76.6 Å². The summed E-state index contributed by atoms with van der Waals surface area (Å²) in [6, 6.07) is 7.27. The first-order valence-corrected chi connectivity index (χ1v) is 16.1. The Labute approximate surface area is 300 Å². The average molecular weight is 757 g/mol. The van der Waals surface area contributed by atoms with E-state index in [-0.39, 0.29) is 45.7 Å². The van der Waals surface area contributed by atoms with Gasteiger partial charge in [-0.1, -0.05) is 29.4 Å². The maximum Gasteiger partial charge on any atom is 0.435 e. The van der Waals surface area contributed by atoms with Gasteiger partial charge in [-0.05, 0) is 68.2 Å². The van der Waals surface area contributed by atoms with Gasteiger partial charge in [-0.3, -0.25) is 13.9 Å². The normalized spacial score (nSPS) is 17.6. The molecule has 53 heavy (non-hydrogen) atoms. The minimum absolute atomic E-state index is 0.00481. The van der Waals surface area contributed by atoms with Crippen LogP contribution in [0.15, 0.2) is 42.5 Å². The lowest BCUT2D eigenvalue weighted by Crippen LogP contribution is -2.36. The fraction of sp³-hybridized carbons (Fsp3) is 0.286. The summed E-state index contributed by atoms with van der Waals surface area (Å²) in [4.78, 5) is 18.4. The monoisotopic (exact) mass is 756 g/mol. The maximum atomic E-state index is 15.4. The number of amides is 1. The third-order valence-electron chi connectivity index (χ3n) is 8.56. The van der Waals surface area contributed by atoms with Gasteiger partial charge in [0.25, 0.3) is 0 Å². The standard InChI is InChI=1S/C35H24ClF7N8O2/c1-33(2,53)10-9-19-3-4-20(21-6-8-25(36)51-31(21)47-48-32(51)44)28(45-19)24(13-16-11-17(37)14-18(38)12-16)46-26(52)15-50-30-27(29(49-50)35(41,42)43)22-5-7-23(22)34(30,39)40/h3-4,6,8,11-12,14,22-24,53H,13,15H2,1-2H3,(H2,44,48)(H,46,52). The second-order valence-electron chi connectivity index (χ2n) is 13.0. The zero-order valence-corrected chi connectivity index (χ0v) is 28.1. The summed E-state index contributed by atoms with van der Waals surface area (Å²) < 4.78 is 103. The summed E-state index contributed by atoms with van der Waals surface area (Å²) in [7, 11) is 0. The lowest BCUT2D eigenvalue weighted by Gasteiger charge is -2.24. The number of benzene rings is 1. The van der Waals surface area contributed by atoms with E-state index in [9.17, 15) is 31.9 Å². The number of pyridine rings is 2. The smallest absolute Gasteiger partial charge is 0.378 e. The van der Waals surface area contributed by atoms with E-state index in [1.165, 1.54) is 36.4 Å². The summed E-state index contributed by atoms with van der Waals surface area (Å²) >= 11 is 6.35. The number of rotatable bonds is 7. The Bertz CT molecular complexity index is 2450. The summed E-state index contributed by atoms with van der Waals surface area (Å²) in [5, 5.41) is 24.3. The Hall–Kier alpha value is -5.65. The Kier molecular flexibility index (Phi) is 8.42. The van der Waals surface area contributed by atoms with Gasteiger partial charge in [0.1, 0.15) is 46.2 Å². The molecule has 3 atom stereocenters. The summed E-state index contributed by atoms with van der Waals surface area (Å²) in [5.74, 6) is -0.153. The van der Waals surface area contributed by atoms with Crippen LogP contribution in [-0.4, -0.2) is 46.0 Å². The van der Waals surface area contributed by atoms with E-state index in [1.807, 2.05) is 0 Å². The van der Waals surface area contributed by atoms with Gasteiger partial charge in [-0.2, -0.15) is 27.1 Å².